The lowest BCUT2D eigenvalue weighted by atomic mass is 9.85. The van der Waals surface area contributed by atoms with Gasteiger partial charge in [-0.3, -0.25) is 0 Å². The molecule has 0 aliphatic carbocycles. The van der Waals surface area contributed by atoms with Crippen molar-refractivity contribution in [1.82, 2.24) is 10.2 Å². The van der Waals surface area contributed by atoms with E-state index in [2.05, 4.69) is 31.0 Å². The molecule has 1 unspecified atom stereocenters. The van der Waals surface area contributed by atoms with Gasteiger partial charge in [0.25, 0.3) is 0 Å². The van der Waals surface area contributed by atoms with Crippen LogP contribution in [0, 0.1) is 5.41 Å². The van der Waals surface area contributed by atoms with Crippen molar-refractivity contribution in [2.45, 2.75) is 46.5 Å². The fourth-order valence-corrected chi connectivity index (χ4v) is 2.73. The molecule has 0 spiro atoms. The molecular formula is C13H28N2. The summed E-state index contributed by atoms with van der Waals surface area (Å²) in [5, 5.41) is 3.52. The number of hydrogen-bond acceptors (Lipinski definition) is 2. The summed E-state index contributed by atoms with van der Waals surface area (Å²) in [6, 6.07) is 0. The molecule has 0 saturated carbocycles. The van der Waals surface area contributed by atoms with Crippen LogP contribution in [0.1, 0.15) is 46.5 Å². The molecule has 1 heterocycles. The summed E-state index contributed by atoms with van der Waals surface area (Å²) >= 11 is 0. The summed E-state index contributed by atoms with van der Waals surface area (Å²) < 4.78 is 0. The maximum atomic E-state index is 3.52. The second-order valence-electron chi connectivity index (χ2n) is 5.32. The molecule has 1 N–H and O–H groups in total. The zero-order valence-electron chi connectivity index (χ0n) is 10.8. The van der Waals surface area contributed by atoms with Gasteiger partial charge in [0.2, 0.25) is 0 Å². The van der Waals surface area contributed by atoms with E-state index in [1.165, 1.54) is 51.9 Å². The highest BCUT2D eigenvalue weighted by molar-refractivity contribution is 4.82. The predicted molar refractivity (Wildman–Crippen MR) is 67.2 cm³/mol. The lowest BCUT2D eigenvalue weighted by Crippen LogP contribution is -2.41. The first-order valence-electron chi connectivity index (χ1n) is 6.63. The molecule has 2 heteroatoms. The smallest absolute Gasteiger partial charge is 0.00475 e. The summed E-state index contributed by atoms with van der Waals surface area (Å²) in [7, 11) is 0. The Balaban J connectivity index is 2.39. The second kappa shape index (κ2) is 6.49. The average molecular weight is 212 g/mol. The number of nitrogens with one attached hydrogen (secondary N) is 1. The highest BCUT2D eigenvalue weighted by atomic mass is 15.1. The Morgan fingerprint density at radius 1 is 1.20 bits per heavy atom. The van der Waals surface area contributed by atoms with Gasteiger partial charge in [-0.1, -0.05) is 27.2 Å². The van der Waals surface area contributed by atoms with Crippen LogP contribution in [0.5, 0.6) is 0 Å². The fourth-order valence-electron chi connectivity index (χ4n) is 2.73. The van der Waals surface area contributed by atoms with E-state index < -0.39 is 0 Å². The van der Waals surface area contributed by atoms with Gasteiger partial charge in [0, 0.05) is 13.1 Å². The Morgan fingerprint density at radius 3 is 2.40 bits per heavy atom. The monoisotopic (exact) mass is 212 g/mol. The molecule has 0 aromatic rings. The highest BCUT2D eigenvalue weighted by Crippen LogP contribution is 2.25. The van der Waals surface area contributed by atoms with E-state index in [0.29, 0.717) is 5.41 Å². The summed E-state index contributed by atoms with van der Waals surface area (Å²) in [6.07, 6.45) is 5.46. The quantitative estimate of drug-likeness (QED) is 0.697. The van der Waals surface area contributed by atoms with Crippen LogP contribution in [0.15, 0.2) is 0 Å². The summed E-state index contributed by atoms with van der Waals surface area (Å²) in [5.74, 6) is 0. The lowest BCUT2D eigenvalue weighted by molar-refractivity contribution is 0.173. The van der Waals surface area contributed by atoms with Crippen molar-refractivity contribution in [3.8, 4) is 0 Å². The lowest BCUT2D eigenvalue weighted by Gasteiger charge is -2.34. The molecule has 2 nitrogen and oxygen atoms in total. The van der Waals surface area contributed by atoms with Gasteiger partial charge in [-0.05, 0) is 44.3 Å². The molecule has 1 aliphatic heterocycles. The van der Waals surface area contributed by atoms with Crippen LogP contribution >= 0.6 is 0 Å². The van der Waals surface area contributed by atoms with Crippen LogP contribution in [0.3, 0.4) is 0 Å². The highest BCUT2D eigenvalue weighted by Gasteiger charge is 2.26. The zero-order chi connectivity index (χ0) is 11.1. The summed E-state index contributed by atoms with van der Waals surface area (Å²) in [6.45, 7) is 13.1. The van der Waals surface area contributed by atoms with E-state index >= 15 is 0 Å². The third-order valence-corrected chi connectivity index (χ3v) is 3.46. The molecular weight excluding hydrogens is 184 g/mol. The largest absolute Gasteiger partial charge is 0.316 e. The van der Waals surface area contributed by atoms with Crippen LogP contribution < -0.4 is 5.32 Å². The Hall–Kier alpha value is -0.0800. The number of likely N-dealkylation sites (tertiary alicyclic amines) is 1. The number of nitrogens with zero attached hydrogens (tertiary/aromatic N) is 1. The predicted octanol–water partition coefficient (Wildman–Crippen LogP) is 2.50. The minimum atomic E-state index is 0.481. The van der Waals surface area contributed by atoms with Crippen molar-refractivity contribution in [2.24, 2.45) is 5.41 Å². The molecule has 0 radical (unpaired) electrons. The second-order valence-corrected chi connectivity index (χ2v) is 5.32. The zero-order valence-corrected chi connectivity index (χ0v) is 10.8. The molecule has 1 rings (SSSR count). The van der Waals surface area contributed by atoms with E-state index in [-0.39, 0.29) is 0 Å². The van der Waals surface area contributed by atoms with Crippen LogP contribution in [-0.4, -0.2) is 37.6 Å². The molecule has 0 bridgehead atoms. The Labute approximate surface area is 95.4 Å². The number of rotatable bonds is 7. The van der Waals surface area contributed by atoms with Crippen molar-refractivity contribution in [3.63, 3.8) is 0 Å². The Kier molecular flexibility index (Phi) is 5.62. The van der Waals surface area contributed by atoms with Gasteiger partial charge >= 0.3 is 0 Å². The van der Waals surface area contributed by atoms with Crippen molar-refractivity contribution in [2.75, 3.05) is 32.7 Å². The van der Waals surface area contributed by atoms with E-state index in [9.17, 15) is 0 Å². The van der Waals surface area contributed by atoms with Gasteiger partial charge < -0.3 is 10.2 Å². The number of hydrogen-bond donors (Lipinski definition) is 1. The van der Waals surface area contributed by atoms with E-state index in [1.807, 2.05) is 0 Å². The van der Waals surface area contributed by atoms with Gasteiger partial charge in [0.1, 0.15) is 0 Å². The Morgan fingerprint density at radius 2 is 1.87 bits per heavy atom. The molecule has 1 fully saturated rings. The van der Waals surface area contributed by atoms with Crippen molar-refractivity contribution < 1.29 is 0 Å². The maximum Gasteiger partial charge on any atom is 0.00475 e. The summed E-state index contributed by atoms with van der Waals surface area (Å²) in [5.41, 5.74) is 0.481. The average Bonchev–Trinajstić information content (AvgIpc) is 2.68. The first-order valence-corrected chi connectivity index (χ1v) is 6.63. The van der Waals surface area contributed by atoms with E-state index in [1.54, 1.807) is 0 Å². The van der Waals surface area contributed by atoms with Gasteiger partial charge in [0.05, 0.1) is 0 Å². The van der Waals surface area contributed by atoms with E-state index in [4.69, 9.17) is 0 Å². The minimum absolute atomic E-state index is 0.481. The summed E-state index contributed by atoms with van der Waals surface area (Å²) in [4.78, 5) is 2.65. The SMILES string of the molecule is CCCC(C)(CNCC)CN1CCCC1. The van der Waals surface area contributed by atoms with E-state index in [0.717, 1.165) is 6.54 Å². The maximum absolute atomic E-state index is 3.52. The first kappa shape index (κ1) is 13.0. The van der Waals surface area contributed by atoms with Crippen molar-refractivity contribution >= 4 is 0 Å². The topological polar surface area (TPSA) is 15.3 Å². The molecule has 1 saturated heterocycles. The van der Waals surface area contributed by atoms with Crippen molar-refractivity contribution in [3.05, 3.63) is 0 Å². The molecule has 0 aromatic carbocycles. The van der Waals surface area contributed by atoms with Crippen molar-refractivity contribution in [1.29, 1.82) is 0 Å². The van der Waals surface area contributed by atoms with Gasteiger partial charge in [-0.2, -0.15) is 0 Å². The minimum Gasteiger partial charge on any atom is -0.316 e. The molecule has 0 aromatic heterocycles. The van der Waals surface area contributed by atoms with Crippen LogP contribution in [0.25, 0.3) is 0 Å². The molecule has 1 aliphatic rings. The first-order chi connectivity index (χ1) is 7.20. The van der Waals surface area contributed by atoms with Crippen LogP contribution in [0.2, 0.25) is 0 Å². The molecule has 1 atom stereocenters. The normalized spacial score (nSPS) is 21.8. The molecule has 0 amide bonds. The van der Waals surface area contributed by atoms with Gasteiger partial charge in [0.15, 0.2) is 0 Å². The molecule has 15 heavy (non-hydrogen) atoms. The fraction of sp³-hybridized carbons (Fsp3) is 1.00. The standard InChI is InChI=1S/C13H28N2/c1-4-8-13(3,11-14-5-2)12-15-9-6-7-10-15/h14H,4-12H2,1-3H3. The Bertz CT molecular complexity index is 164. The van der Waals surface area contributed by atoms with Gasteiger partial charge in [-0.15, -0.1) is 0 Å². The third-order valence-electron chi connectivity index (χ3n) is 3.46. The third kappa shape index (κ3) is 4.52. The molecule has 90 valence electrons. The van der Waals surface area contributed by atoms with Crippen LogP contribution in [-0.2, 0) is 0 Å². The van der Waals surface area contributed by atoms with Crippen LogP contribution in [0.4, 0.5) is 0 Å². The van der Waals surface area contributed by atoms with Gasteiger partial charge in [-0.25, -0.2) is 0 Å².